The quantitative estimate of drug-likeness (QED) is 0.344. The summed E-state index contributed by atoms with van der Waals surface area (Å²) in [6.45, 7) is 0.290. The predicted molar refractivity (Wildman–Crippen MR) is 65.3 cm³/mol. The van der Waals surface area contributed by atoms with Crippen molar-refractivity contribution in [1.29, 1.82) is 0 Å². The van der Waals surface area contributed by atoms with Crippen molar-refractivity contribution < 1.29 is 9.13 Å². The molecule has 17 heavy (non-hydrogen) atoms. The Morgan fingerprint density at radius 3 is 2.29 bits per heavy atom. The molecule has 0 amide bonds. The lowest BCUT2D eigenvalue weighted by Gasteiger charge is -2.03. The highest BCUT2D eigenvalue weighted by Crippen LogP contribution is 2.02. The molecule has 0 radical (unpaired) electrons. The Labute approximate surface area is 99.2 Å². The van der Waals surface area contributed by atoms with E-state index in [1.807, 2.05) is 30.3 Å². The molecule has 0 saturated heterocycles. The smallest absolute Gasteiger partial charge is 0.182 e. The van der Waals surface area contributed by atoms with Crippen molar-refractivity contribution in [2.45, 2.75) is 6.54 Å². The molecule has 0 atom stereocenters. The Morgan fingerprint density at radius 1 is 1.00 bits per heavy atom. The van der Waals surface area contributed by atoms with E-state index in [9.17, 15) is 9.60 Å². The normalized spacial score (nSPS) is 11.5. The van der Waals surface area contributed by atoms with Gasteiger partial charge in [-0.15, -0.1) is 0 Å². The van der Waals surface area contributed by atoms with Crippen molar-refractivity contribution in [2.75, 3.05) is 0 Å². The second-order valence-electron chi connectivity index (χ2n) is 3.74. The SMILES string of the molecule is [O-]/[N+](=C\c1ccc(F)cc1)Cc1ccccc1. The van der Waals surface area contributed by atoms with Crippen molar-refractivity contribution in [3.8, 4) is 0 Å². The summed E-state index contributed by atoms with van der Waals surface area (Å²) in [6, 6.07) is 15.3. The van der Waals surface area contributed by atoms with E-state index >= 15 is 0 Å². The third kappa shape index (κ3) is 3.41. The lowest BCUT2D eigenvalue weighted by molar-refractivity contribution is -0.469. The molecular formula is C14H12FNO. The van der Waals surface area contributed by atoms with Crippen LogP contribution >= 0.6 is 0 Å². The van der Waals surface area contributed by atoms with Gasteiger partial charge in [-0.3, -0.25) is 0 Å². The predicted octanol–water partition coefficient (Wildman–Crippen LogP) is 2.96. The fourth-order valence-electron chi connectivity index (χ4n) is 1.52. The molecule has 2 rings (SSSR count). The van der Waals surface area contributed by atoms with Crippen LogP contribution in [0.1, 0.15) is 11.1 Å². The number of nitrogens with zero attached hydrogens (tertiary/aromatic N) is 1. The maximum absolute atomic E-state index is 12.7. The van der Waals surface area contributed by atoms with E-state index in [0.29, 0.717) is 5.56 Å². The van der Waals surface area contributed by atoms with Crippen LogP contribution in [-0.2, 0) is 6.54 Å². The molecule has 3 heteroatoms. The van der Waals surface area contributed by atoms with Crippen LogP contribution in [0, 0.1) is 11.0 Å². The Balaban J connectivity index is 2.09. The van der Waals surface area contributed by atoms with Crippen LogP contribution in [0.25, 0.3) is 0 Å². The number of halogens is 1. The van der Waals surface area contributed by atoms with Gasteiger partial charge in [0.15, 0.2) is 12.8 Å². The molecule has 0 bridgehead atoms. The molecule has 0 aliphatic carbocycles. The van der Waals surface area contributed by atoms with Crippen molar-refractivity contribution >= 4 is 6.21 Å². The zero-order chi connectivity index (χ0) is 12.1. The molecule has 2 aromatic rings. The highest BCUT2D eigenvalue weighted by atomic mass is 19.1. The van der Waals surface area contributed by atoms with Gasteiger partial charge >= 0.3 is 0 Å². The topological polar surface area (TPSA) is 26.1 Å². The molecule has 86 valence electrons. The highest BCUT2D eigenvalue weighted by molar-refractivity contribution is 5.75. The van der Waals surface area contributed by atoms with Crippen molar-refractivity contribution in [3.05, 3.63) is 76.7 Å². The summed E-state index contributed by atoms with van der Waals surface area (Å²) in [4.78, 5) is 0. The van der Waals surface area contributed by atoms with Gasteiger partial charge in [0.2, 0.25) is 0 Å². The monoisotopic (exact) mass is 229 g/mol. The largest absolute Gasteiger partial charge is 0.624 e. The fraction of sp³-hybridized carbons (Fsp3) is 0.0714. The molecule has 2 nitrogen and oxygen atoms in total. The van der Waals surface area contributed by atoms with E-state index in [1.54, 1.807) is 12.1 Å². The molecule has 0 fully saturated rings. The molecular weight excluding hydrogens is 217 g/mol. The van der Waals surface area contributed by atoms with E-state index in [4.69, 9.17) is 0 Å². The molecule has 0 saturated carbocycles. The summed E-state index contributed by atoms with van der Waals surface area (Å²) >= 11 is 0. The van der Waals surface area contributed by atoms with Crippen LogP contribution in [0.5, 0.6) is 0 Å². The van der Waals surface area contributed by atoms with Crippen molar-refractivity contribution in [2.24, 2.45) is 0 Å². The van der Waals surface area contributed by atoms with Crippen molar-refractivity contribution in [1.82, 2.24) is 0 Å². The maximum atomic E-state index is 12.7. The van der Waals surface area contributed by atoms with Gasteiger partial charge in [0.25, 0.3) is 0 Å². The first-order valence-corrected chi connectivity index (χ1v) is 5.32. The van der Waals surface area contributed by atoms with Crippen LogP contribution in [0.4, 0.5) is 4.39 Å². The average Bonchev–Trinajstić information content (AvgIpc) is 2.33. The lowest BCUT2D eigenvalue weighted by atomic mass is 10.2. The van der Waals surface area contributed by atoms with Crippen LogP contribution in [0.2, 0.25) is 0 Å². The number of hydrogen-bond donors (Lipinski definition) is 0. The summed E-state index contributed by atoms with van der Waals surface area (Å²) in [5, 5.41) is 11.6. The maximum Gasteiger partial charge on any atom is 0.182 e. The van der Waals surface area contributed by atoms with Crippen LogP contribution in [0.3, 0.4) is 0 Å². The van der Waals surface area contributed by atoms with Gasteiger partial charge < -0.3 is 5.21 Å². The minimum atomic E-state index is -0.303. The van der Waals surface area contributed by atoms with Gasteiger partial charge in [0.1, 0.15) is 5.82 Å². The van der Waals surface area contributed by atoms with E-state index < -0.39 is 0 Å². The van der Waals surface area contributed by atoms with Gasteiger partial charge in [-0.2, -0.15) is 0 Å². The first kappa shape index (κ1) is 11.3. The molecule has 0 aromatic heterocycles. The fourth-order valence-corrected chi connectivity index (χ4v) is 1.52. The summed E-state index contributed by atoms with van der Waals surface area (Å²) < 4.78 is 13.5. The summed E-state index contributed by atoms with van der Waals surface area (Å²) in [5.74, 6) is -0.303. The zero-order valence-corrected chi connectivity index (χ0v) is 9.21. The van der Waals surface area contributed by atoms with Crippen LogP contribution in [-0.4, -0.2) is 11.0 Å². The first-order valence-electron chi connectivity index (χ1n) is 5.32. The van der Waals surface area contributed by atoms with E-state index in [0.717, 1.165) is 10.3 Å². The lowest BCUT2D eigenvalue weighted by Crippen LogP contribution is -2.05. The third-order valence-corrected chi connectivity index (χ3v) is 2.34. The Hall–Kier alpha value is -2.16. The summed E-state index contributed by atoms with van der Waals surface area (Å²) in [5.41, 5.74) is 1.64. The van der Waals surface area contributed by atoms with Gasteiger partial charge in [0, 0.05) is 11.1 Å². The van der Waals surface area contributed by atoms with Gasteiger partial charge in [-0.25, -0.2) is 9.13 Å². The Morgan fingerprint density at radius 2 is 1.65 bits per heavy atom. The molecule has 0 N–H and O–H groups in total. The molecule has 0 unspecified atom stereocenters. The van der Waals surface area contributed by atoms with E-state index in [1.165, 1.54) is 18.3 Å². The standard InChI is InChI=1S/C14H12FNO/c15-14-8-6-13(7-9-14)11-16(17)10-12-4-2-1-3-5-12/h1-9,11H,10H2/b16-11-. The van der Waals surface area contributed by atoms with Crippen LogP contribution in [0.15, 0.2) is 54.6 Å². The second kappa shape index (κ2) is 5.25. The molecule has 0 aliphatic heterocycles. The number of hydroxylamine groups is 1. The van der Waals surface area contributed by atoms with Gasteiger partial charge in [-0.1, -0.05) is 30.3 Å². The highest BCUT2D eigenvalue weighted by Gasteiger charge is 1.98. The van der Waals surface area contributed by atoms with E-state index in [2.05, 4.69) is 0 Å². The minimum absolute atomic E-state index is 0.290. The second-order valence-corrected chi connectivity index (χ2v) is 3.74. The molecule has 0 heterocycles. The first-order chi connectivity index (χ1) is 8.24. The average molecular weight is 229 g/mol. The molecule has 2 aromatic carbocycles. The number of hydrogen-bond acceptors (Lipinski definition) is 1. The van der Waals surface area contributed by atoms with Gasteiger partial charge in [0.05, 0.1) is 0 Å². The van der Waals surface area contributed by atoms with Crippen molar-refractivity contribution in [3.63, 3.8) is 0 Å². The van der Waals surface area contributed by atoms with Crippen LogP contribution < -0.4 is 0 Å². The Bertz CT molecular complexity index is 506. The minimum Gasteiger partial charge on any atom is -0.624 e. The summed E-state index contributed by atoms with van der Waals surface area (Å²) in [6.07, 6.45) is 1.45. The van der Waals surface area contributed by atoms with E-state index in [-0.39, 0.29) is 12.4 Å². The number of benzene rings is 2. The Kier molecular flexibility index (Phi) is 3.50. The number of rotatable bonds is 3. The zero-order valence-electron chi connectivity index (χ0n) is 9.21. The third-order valence-electron chi connectivity index (χ3n) is 2.34. The summed E-state index contributed by atoms with van der Waals surface area (Å²) in [7, 11) is 0. The molecule has 0 spiro atoms. The molecule has 0 aliphatic rings. The van der Waals surface area contributed by atoms with Gasteiger partial charge in [-0.05, 0) is 24.3 Å².